The van der Waals surface area contributed by atoms with E-state index < -0.39 is 0 Å². The molecule has 0 fully saturated rings. The average Bonchev–Trinajstić information content (AvgIpc) is 3.27. The van der Waals surface area contributed by atoms with Gasteiger partial charge in [0, 0.05) is 6.07 Å². The molecule has 0 aliphatic heterocycles. The molecule has 0 saturated carbocycles. The second-order valence-corrected chi connectivity index (χ2v) is 5.97. The molecule has 4 heteroatoms. The van der Waals surface area contributed by atoms with E-state index in [4.69, 9.17) is 4.74 Å². The van der Waals surface area contributed by atoms with Crippen molar-refractivity contribution in [1.29, 1.82) is 0 Å². The quantitative estimate of drug-likeness (QED) is 0.743. The SMILES string of the molecule is O=c1cc(COC2=CC=C(c3ccccc3)C2c2ccccc2)[nH][nH]1. The summed E-state index contributed by atoms with van der Waals surface area (Å²) < 4.78 is 6.04. The highest BCUT2D eigenvalue weighted by atomic mass is 16.5. The Morgan fingerprint density at radius 1 is 0.880 bits per heavy atom. The lowest BCUT2D eigenvalue weighted by molar-refractivity contribution is 0.186. The Morgan fingerprint density at radius 2 is 1.60 bits per heavy atom. The fraction of sp³-hybridized carbons (Fsp3) is 0.0952. The van der Waals surface area contributed by atoms with Gasteiger partial charge in [-0.1, -0.05) is 66.7 Å². The summed E-state index contributed by atoms with van der Waals surface area (Å²) in [5, 5.41) is 5.35. The Labute approximate surface area is 145 Å². The number of aromatic nitrogens is 2. The molecule has 0 radical (unpaired) electrons. The van der Waals surface area contributed by atoms with Crippen molar-refractivity contribution in [3.8, 4) is 0 Å². The average molecular weight is 330 g/mol. The molecule has 4 rings (SSSR count). The van der Waals surface area contributed by atoms with E-state index in [1.807, 2.05) is 42.5 Å². The van der Waals surface area contributed by atoms with Crippen LogP contribution < -0.4 is 5.56 Å². The highest BCUT2D eigenvalue weighted by Gasteiger charge is 2.27. The number of hydrogen-bond donors (Lipinski definition) is 2. The molecular weight excluding hydrogens is 312 g/mol. The third-order valence-electron chi connectivity index (χ3n) is 4.31. The van der Waals surface area contributed by atoms with Crippen LogP contribution in [0.5, 0.6) is 0 Å². The Bertz CT molecular complexity index is 966. The lowest BCUT2D eigenvalue weighted by atomic mass is 9.88. The normalized spacial score (nSPS) is 16.4. The van der Waals surface area contributed by atoms with Crippen LogP contribution in [0.4, 0.5) is 0 Å². The van der Waals surface area contributed by atoms with Gasteiger partial charge in [0.05, 0.1) is 11.6 Å². The first-order valence-electron chi connectivity index (χ1n) is 8.23. The Kier molecular flexibility index (Phi) is 4.09. The van der Waals surface area contributed by atoms with E-state index in [1.54, 1.807) is 0 Å². The van der Waals surface area contributed by atoms with Gasteiger partial charge in [0.1, 0.15) is 12.4 Å². The van der Waals surface area contributed by atoms with E-state index in [9.17, 15) is 4.79 Å². The van der Waals surface area contributed by atoms with Crippen LogP contribution >= 0.6 is 0 Å². The molecule has 0 amide bonds. The van der Waals surface area contributed by atoms with Gasteiger partial charge in [-0.25, -0.2) is 0 Å². The molecule has 0 saturated heterocycles. The molecule has 1 aliphatic carbocycles. The summed E-state index contributed by atoms with van der Waals surface area (Å²) in [6.07, 6.45) is 4.13. The molecular formula is C21H18N2O2. The molecule has 1 aromatic heterocycles. The summed E-state index contributed by atoms with van der Waals surface area (Å²) >= 11 is 0. The van der Waals surface area contributed by atoms with E-state index in [2.05, 4.69) is 40.5 Å². The first-order valence-corrected chi connectivity index (χ1v) is 8.23. The van der Waals surface area contributed by atoms with Crippen molar-refractivity contribution >= 4 is 5.57 Å². The highest BCUT2D eigenvalue weighted by molar-refractivity contribution is 5.78. The number of allylic oxidation sites excluding steroid dienone is 3. The predicted molar refractivity (Wildman–Crippen MR) is 97.9 cm³/mol. The Balaban J connectivity index is 1.62. The van der Waals surface area contributed by atoms with Gasteiger partial charge in [-0.05, 0) is 22.8 Å². The molecule has 0 spiro atoms. The minimum Gasteiger partial charge on any atom is -0.491 e. The van der Waals surface area contributed by atoms with Gasteiger partial charge in [0.2, 0.25) is 0 Å². The Hall–Kier alpha value is -3.27. The van der Waals surface area contributed by atoms with E-state index in [0.717, 1.165) is 11.5 Å². The van der Waals surface area contributed by atoms with E-state index >= 15 is 0 Å². The van der Waals surface area contributed by atoms with Gasteiger partial charge in [-0.3, -0.25) is 15.0 Å². The van der Waals surface area contributed by atoms with Crippen molar-refractivity contribution in [2.45, 2.75) is 12.5 Å². The second-order valence-electron chi connectivity index (χ2n) is 5.97. The summed E-state index contributed by atoms with van der Waals surface area (Å²) in [7, 11) is 0. The molecule has 2 aromatic carbocycles. The van der Waals surface area contributed by atoms with Crippen molar-refractivity contribution in [1.82, 2.24) is 10.2 Å². The van der Waals surface area contributed by atoms with Gasteiger partial charge in [0.25, 0.3) is 5.56 Å². The Morgan fingerprint density at radius 3 is 2.28 bits per heavy atom. The predicted octanol–water partition coefficient (Wildman–Crippen LogP) is 3.98. The fourth-order valence-corrected chi connectivity index (χ4v) is 3.14. The number of nitrogens with one attached hydrogen (secondary N) is 2. The molecule has 0 bridgehead atoms. The van der Waals surface area contributed by atoms with Crippen LogP contribution in [0.1, 0.15) is 22.7 Å². The first kappa shape index (κ1) is 15.3. The number of hydrogen-bond acceptors (Lipinski definition) is 2. The van der Waals surface area contributed by atoms with Crippen LogP contribution in [-0.2, 0) is 11.3 Å². The summed E-state index contributed by atoms with van der Waals surface area (Å²) in [6, 6.07) is 22.2. The van der Waals surface area contributed by atoms with Gasteiger partial charge in [0.15, 0.2) is 0 Å². The number of H-pyrrole nitrogens is 2. The van der Waals surface area contributed by atoms with Gasteiger partial charge < -0.3 is 4.74 Å². The standard InChI is InChI=1S/C21H18N2O2/c24-20-13-17(22-23-20)14-25-19-12-11-18(15-7-3-1-4-8-15)21(19)16-9-5-2-6-10-16/h1-13,21H,14H2,(H2,22,23,24). The summed E-state index contributed by atoms with van der Waals surface area (Å²) in [5.74, 6) is 0.932. The maximum Gasteiger partial charge on any atom is 0.264 e. The van der Waals surface area contributed by atoms with Gasteiger partial charge >= 0.3 is 0 Å². The van der Waals surface area contributed by atoms with E-state index in [0.29, 0.717) is 6.61 Å². The maximum atomic E-state index is 11.2. The van der Waals surface area contributed by atoms with Crippen molar-refractivity contribution in [3.05, 3.63) is 112 Å². The van der Waals surface area contributed by atoms with Crippen molar-refractivity contribution in [3.63, 3.8) is 0 Å². The molecule has 25 heavy (non-hydrogen) atoms. The lowest BCUT2D eigenvalue weighted by Crippen LogP contribution is -2.06. The van der Waals surface area contributed by atoms with Crippen molar-refractivity contribution in [2.24, 2.45) is 0 Å². The highest BCUT2D eigenvalue weighted by Crippen LogP contribution is 2.42. The molecule has 1 atom stereocenters. The molecule has 1 aliphatic rings. The molecule has 2 N–H and O–H groups in total. The smallest absolute Gasteiger partial charge is 0.264 e. The maximum absolute atomic E-state index is 11.2. The molecule has 3 aromatic rings. The van der Waals surface area contributed by atoms with Crippen LogP contribution in [0.3, 0.4) is 0 Å². The second kappa shape index (κ2) is 6.69. The number of benzene rings is 2. The van der Waals surface area contributed by atoms with E-state index in [-0.39, 0.29) is 11.5 Å². The summed E-state index contributed by atoms with van der Waals surface area (Å²) in [6.45, 7) is 0.323. The lowest BCUT2D eigenvalue weighted by Gasteiger charge is -2.20. The zero-order chi connectivity index (χ0) is 17.1. The largest absolute Gasteiger partial charge is 0.491 e. The fourth-order valence-electron chi connectivity index (χ4n) is 3.14. The molecule has 4 nitrogen and oxygen atoms in total. The van der Waals surface area contributed by atoms with Crippen LogP contribution in [0.25, 0.3) is 5.57 Å². The number of ether oxygens (including phenoxy) is 1. The summed E-state index contributed by atoms with van der Waals surface area (Å²) in [5.41, 5.74) is 4.15. The van der Waals surface area contributed by atoms with Crippen LogP contribution in [0.2, 0.25) is 0 Å². The summed E-state index contributed by atoms with van der Waals surface area (Å²) in [4.78, 5) is 11.2. The first-order chi connectivity index (χ1) is 12.3. The van der Waals surface area contributed by atoms with Crippen LogP contribution in [-0.4, -0.2) is 10.2 Å². The zero-order valence-corrected chi connectivity index (χ0v) is 13.6. The molecule has 124 valence electrons. The number of aromatic amines is 2. The van der Waals surface area contributed by atoms with E-state index in [1.165, 1.54) is 22.8 Å². The third kappa shape index (κ3) is 3.19. The third-order valence-corrected chi connectivity index (χ3v) is 4.31. The minimum absolute atomic E-state index is 0.0502. The minimum atomic E-state index is -0.151. The van der Waals surface area contributed by atoms with Crippen molar-refractivity contribution < 1.29 is 4.74 Å². The van der Waals surface area contributed by atoms with Crippen LogP contribution in [0.15, 0.2) is 89.4 Å². The zero-order valence-electron chi connectivity index (χ0n) is 13.6. The monoisotopic (exact) mass is 330 g/mol. The molecule has 1 heterocycles. The van der Waals surface area contributed by atoms with Gasteiger partial charge in [-0.2, -0.15) is 0 Å². The topological polar surface area (TPSA) is 57.9 Å². The number of rotatable bonds is 5. The molecule has 1 unspecified atom stereocenters. The van der Waals surface area contributed by atoms with Crippen LogP contribution in [0, 0.1) is 0 Å². The van der Waals surface area contributed by atoms with Crippen molar-refractivity contribution in [2.75, 3.05) is 0 Å². The van der Waals surface area contributed by atoms with Gasteiger partial charge in [-0.15, -0.1) is 0 Å².